The van der Waals surface area contributed by atoms with Gasteiger partial charge in [0.2, 0.25) is 0 Å². The van der Waals surface area contributed by atoms with Crippen molar-refractivity contribution in [3.8, 4) is 11.8 Å². The molecule has 0 fully saturated rings. The number of thiophene rings is 1. The summed E-state index contributed by atoms with van der Waals surface area (Å²) in [4.78, 5) is 3.59. The van der Waals surface area contributed by atoms with E-state index >= 15 is 0 Å². The van der Waals surface area contributed by atoms with E-state index in [-0.39, 0.29) is 6.61 Å². The van der Waals surface area contributed by atoms with Gasteiger partial charge in [-0.1, -0.05) is 25.7 Å². The molecule has 0 unspecified atom stereocenters. The van der Waals surface area contributed by atoms with Crippen LogP contribution in [0, 0.1) is 17.8 Å². The van der Waals surface area contributed by atoms with E-state index in [4.69, 9.17) is 5.11 Å². The van der Waals surface area contributed by atoms with Crippen molar-refractivity contribution in [2.45, 2.75) is 20.4 Å². The Hall–Kier alpha value is -0.820. The van der Waals surface area contributed by atoms with Crippen LogP contribution in [0.15, 0.2) is 11.4 Å². The molecule has 0 atom stereocenters. The molecule has 1 rings (SSSR count). The molecular formula is C13H19NOS. The first-order chi connectivity index (χ1) is 7.63. The number of aliphatic hydroxyl groups is 1. The maximum atomic E-state index is 8.68. The lowest BCUT2D eigenvalue weighted by Crippen LogP contribution is -2.22. The summed E-state index contributed by atoms with van der Waals surface area (Å²) in [5.74, 6) is 6.36. The minimum atomic E-state index is -0.0723. The lowest BCUT2D eigenvalue weighted by Gasteiger charge is -2.18. The zero-order chi connectivity index (χ0) is 12.0. The monoisotopic (exact) mass is 237 g/mol. The van der Waals surface area contributed by atoms with E-state index in [0.717, 1.165) is 18.7 Å². The predicted octanol–water partition coefficient (Wildman–Crippen LogP) is 2.18. The van der Waals surface area contributed by atoms with E-state index in [0.29, 0.717) is 5.92 Å². The average Bonchev–Trinajstić information content (AvgIpc) is 2.61. The summed E-state index contributed by atoms with van der Waals surface area (Å²) in [7, 11) is 2.13. The molecule has 88 valence electrons. The quantitative estimate of drug-likeness (QED) is 0.811. The maximum absolute atomic E-state index is 8.68. The molecular weight excluding hydrogens is 218 g/mol. The summed E-state index contributed by atoms with van der Waals surface area (Å²) < 4.78 is 0. The second kappa shape index (κ2) is 6.70. The second-order valence-electron chi connectivity index (χ2n) is 4.31. The van der Waals surface area contributed by atoms with Gasteiger partial charge in [-0.3, -0.25) is 0 Å². The van der Waals surface area contributed by atoms with Crippen molar-refractivity contribution in [1.82, 2.24) is 4.90 Å². The van der Waals surface area contributed by atoms with Crippen molar-refractivity contribution >= 4 is 11.3 Å². The molecule has 0 aliphatic heterocycles. The van der Waals surface area contributed by atoms with Gasteiger partial charge in [0.25, 0.3) is 0 Å². The zero-order valence-electron chi connectivity index (χ0n) is 10.2. The Labute approximate surface area is 102 Å². The predicted molar refractivity (Wildman–Crippen MR) is 69.5 cm³/mol. The van der Waals surface area contributed by atoms with Gasteiger partial charge in [-0.2, -0.15) is 0 Å². The highest BCUT2D eigenvalue weighted by atomic mass is 32.1. The lowest BCUT2D eigenvalue weighted by molar-refractivity contribution is 0.290. The molecule has 0 saturated carbocycles. The second-order valence-corrected chi connectivity index (χ2v) is 5.31. The van der Waals surface area contributed by atoms with E-state index in [2.05, 4.69) is 43.0 Å². The molecule has 2 nitrogen and oxygen atoms in total. The highest BCUT2D eigenvalue weighted by Crippen LogP contribution is 2.17. The molecule has 0 aliphatic rings. The first-order valence-electron chi connectivity index (χ1n) is 5.48. The fourth-order valence-corrected chi connectivity index (χ4v) is 2.55. The van der Waals surface area contributed by atoms with E-state index < -0.39 is 0 Å². The van der Waals surface area contributed by atoms with Crippen molar-refractivity contribution in [2.75, 3.05) is 20.2 Å². The summed E-state index contributed by atoms with van der Waals surface area (Å²) in [5, 5.41) is 10.7. The summed E-state index contributed by atoms with van der Waals surface area (Å²) in [6.07, 6.45) is 0. The van der Waals surface area contributed by atoms with Gasteiger partial charge in [-0.05, 0) is 24.4 Å². The summed E-state index contributed by atoms with van der Waals surface area (Å²) in [5.41, 5.74) is 1.05. The highest BCUT2D eigenvalue weighted by Gasteiger charge is 2.07. The molecule has 0 bridgehead atoms. The normalized spacial score (nSPS) is 10.6. The van der Waals surface area contributed by atoms with Gasteiger partial charge < -0.3 is 10.0 Å². The Balaban J connectivity index is 2.63. The van der Waals surface area contributed by atoms with Crippen molar-refractivity contribution in [3.63, 3.8) is 0 Å². The van der Waals surface area contributed by atoms with Crippen LogP contribution in [0.25, 0.3) is 0 Å². The van der Waals surface area contributed by atoms with Crippen LogP contribution in [0.1, 0.15) is 24.3 Å². The van der Waals surface area contributed by atoms with Crippen LogP contribution in [-0.4, -0.2) is 30.2 Å². The van der Waals surface area contributed by atoms with Crippen LogP contribution in [-0.2, 0) is 6.54 Å². The summed E-state index contributed by atoms with van der Waals surface area (Å²) in [6.45, 7) is 6.39. The molecule has 0 amide bonds. The molecule has 3 heteroatoms. The Kier molecular flexibility index (Phi) is 5.54. The number of aliphatic hydroxyl groups excluding tert-OH is 1. The first-order valence-corrected chi connectivity index (χ1v) is 6.36. The average molecular weight is 237 g/mol. The van der Waals surface area contributed by atoms with E-state index in [9.17, 15) is 0 Å². The summed E-state index contributed by atoms with van der Waals surface area (Å²) >= 11 is 1.73. The highest BCUT2D eigenvalue weighted by molar-refractivity contribution is 7.10. The molecule has 0 spiro atoms. The maximum Gasteiger partial charge on any atom is 0.104 e. The fraction of sp³-hybridized carbons (Fsp3) is 0.538. The lowest BCUT2D eigenvalue weighted by atomic mass is 10.2. The molecule has 1 heterocycles. The molecule has 1 N–H and O–H groups in total. The Morgan fingerprint density at radius 3 is 2.88 bits per heavy atom. The molecule has 1 aromatic rings. The van der Waals surface area contributed by atoms with Gasteiger partial charge >= 0.3 is 0 Å². The zero-order valence-corrected chi connectivity index (χ0v) is 11.0. The van der Waals surface area contributed by atoms with Crippen molar-refractivity contribution in [2.24, 2.45) is 5.92 Å². The fourth-order valence-electron chi connectivity index (χ4n) is 1.64. The van der Waals surface area contributed by atoms with Crippen LogP contribution in [0.5, 0.6) is 0 Å². The Morgan fingerprint density at radius 2 is 2.25 bits per heavy atom. The number of nitrogens with zero attached hydrogens (tertiary/aromatic N) is 1. The van der Waals surface area contributed by atoms with E-state index in [1.54, 1.807) is 11.3 Å². The molecule has 1 aromatic heterocycles. The largest absolute Gasteiger partial charge is 0.384 e. The standard InChI is InChI=1S/C13H19NOS/c1-11(2)9-14(3)10-13-12(5-4-7-15)6-8-16-13/h6,8,11,15H,7,9-10H2,1-3H3. The van der Waals surface area contributed by atoms with Gasteiger partial charge in [-0.25, -0.2) is 0 Å². The third-order valence-electron chi connectivity index (χ3n) is 2.14. The van der Waals surface area contributed by atoms with Crippen LogP contribution in [0.4, 0.5) is 0 Å². The summed E-state index contributed by atoms with van der Waals surface area (Å²) in [6, 6.07) is 2.02. The van der Waals surface area contributed by atoms with Crippen LogP contribution in [0.2, 0.25) is 0 Å². The minimum Gasteiger partial charge on any atom is -0.384 e. The molecule has 0 radical (unpaired) electrons. The van der Waals surface area contributed by atoms with Crippen molar-refractivity contribution < 1.29 is 5.11 Å². The Morgan fingerprint density at radius 1 is 1.50 bits per heavy atom. The first kappa shape index (κ1) is 13.2. The number of rotatable bonds is 4. The van der Waals surface area contributed by atoms with Gasteiger partial charge in [-0.15, -0.1) is 11.3 Å². The van der Waals surface area contributed by atoms with Crippen LogP contribution < -0.4 is 0 Å². The van der Waals surface area contributed by atoms with Gasteiger partial charge in [0, 0.05) is 23.5 Å². The van der Waals surface area contributed by atoms with Crippen molar-refractivity contribution in [1.29, 1.82) is 0 Å². The van der Waals surface area contributed by atoms with Crippen LogP contribution >= 0.6 is 11.3 Å². The van der Waals surface area contributed by atoms with Gasteiger partial charge in [0.1, 0.15) is 6.61 Å². The van der Waals surface area contributed by atoms with E-state index in [1.165, 1.54) is 4.88 Å². The van der Waals surface area contributed by atoms with Gasteiger partial charge in [0.05, 0.1) is 0 Å². The molecule has 16 heavy (non-hydrogen) atoms. The van der Waals surface area contributed by atoms with Crippen molar-refractivity contribution in [3.05, 3.63) is 21.9 Å². The third kappa shape index (κ3) is 4.36. The minimum absolute atomic E-state index is 0.0723. The molecule has 0 aromatic carbocycles. The number of hydrogen-bond donors (Lipinski definition) is 1. The topological polar surface area (TPSA) is 23.5 Å². The number of hydrogen-bond acceptors (Lipinski definition) is 3. The Bertz CT molecular complexity index is 373. The van der Waals surface area contributed by atoms with Gasteiger partial charge in [0.15, 0.2) is 0 Å². The SMILES string of the molecule is CC(C)CN(C)Cc1sccc1C#CCO. The van der Waals surface area contributed by atoms with E-state index in [1.807, 2.05) is 6.07 Å². The van der Waals surface area contributed by atoms with Crippen LogP contribution in [0.3, 0.4) is 0 Å². The third-order valence-corrected chi connectivity index (χ3v) is 3.04. The smallest absolute Gasteiger partial charge is 0.104 e. The molecule has 0 aliphatic carbocycles. The molecule has 0 saturated heterocycles.